The number of carbonyl (C=O) groups is 4. The molecule has 4 amide bonds. The molecule has 0 unspecified atom stereocenters. The average Bonchev–Trinajstić information content (AvgIpc) is 4.13. The van der Waals surface area contributed by atoms with Gasteiger partial charge < -0.3 is 49.3 Å². The van der Waals surface area contributed by atoms with Crippen LogP contribution in [-0.4, -0.2) is 153 Å². The lowest BCUT2D eigenvalue weighted by Gasteiger charge is -2.40. The molecule has 0 spiro atoms. The van der Waals surface area contributed by atoms with Gasteiger partial charge in [0.1, 0.15) is 41.1 Å². The van der Waals surface area contributed by atoms with Crippen LogP contribution in [-0.2, 0) is 19.1 Å². The minimum Gasteiger partial charge on any atom is -0.465 e. The zero-order valence-corrected chi connectivity index (χ0v) is 46.7. The molecule has 22 heteroatoms. The number of aromatic nitrogens is 4. The summed E-state index contributed by atoms with van der Waals surface area (Å²) in [6, 6.07) is 3.63. The van der Waals surface area contributed by atoms with Crippen LogP contribution in [0, 0.1) is 46.4 Å². The fourth-order valence-corrected chi connectivity index (χ4v) is 14.4. The number of fused-ring (bicyclic) bond motifs is 2. The van der Waals surface area contributed by atoms with Gasteiger partial charge in [-0.1, -0.05) is 20.8 Å². The second kappa shape index (κ2) is 22.6. The van der Waals surface area contributed by atoms with Gasteiger partial charge in [0.2, 0.25) is 11.8 Å². The summed E-state index contributed by atoms with van der Waals surface area (Å²) in [5.74, 6) is -2.81. The number of anilines is 2. The SMILES string of the molecule is CN(C(=O)O)[C@H](C(=O)N1CCC[C@H]1c1nc2cc([C@H]3CC[C@H](c4cc5nc([C@@H]6CCCN6C(=O)[C@H](C6CCOCC6)N(C)C(=O)O)[nH]c5cc4F)N3c3cc(F)c(N4CCC(C(C)(C)C)CC4)c(F)c3)c(F)cc2[nH]1)C1CCOCC1. The van der Waals surface area contributed by atoms with E-state index in [1.165, 1.54) is 38.4 Å². The van der Waals surface area contributed by atoms with Gasteiger partial charge in [-0.3, -0.25) is 19.4 Å². The second-order valence-corrected chi connectivity index (χ2v) is 24.4. The van der Waals surface area contributed by atoms with E-state index < -0.39 is 71.7 Å². The normalized spacial score (nSPS) is 23.5. The number of aromatic amines is 2. The molecule has 436 valence electrons. The third kappa shape index (κ3) is 10.7. The van der Waals surface area contributed by atoms with E-state index in [9.17, 15) is 29.4 Å². The monoisotopic (exact) mass is 1130 g/mol. The summed E-state index contributed by atoms with van der Waals surface area (Å²) in [5.41, 5.74) is 1.78. The number of hydrogen-bond donors (Lipinski definition) is 4. The number of ether oxygens (including phenoxy) is 2. The van der Waals surface area contributed by atoms with E-state index in [2.05, 4.69) is 30.7 Å². The first kappa shape index (κ1) is 56.2. The summed E-state index contributed by atoms with van der Waals surface area (Å²) >= 11 is 0. The lowest BCUT2D eigenvalue weighted by Crippen LogP contribution is -2.53. The Bertz CT molecular complexity index is 3000. The first-order valence-corrected chi connectivity index (χ1v) is 28.9. The van der Waals surface area contributed by atoms with Crippen molar-refractivity contribution in [1.29, 1.82) is 0 Å². The van der Waals surface area contributed by atoms with Gasteiger partial charge in [0.05, 0.1) is 46.2 Å². The standard InChI is InChI=1S/C59H74F4N10O8/c1-59(2,3)34-12-20-70(21-13-34)52-40(62)26-35(27-41(52)63)73-46(36-28-42-44(30-38(36)60)66-53(64-42)48-8-6-18-71(48)55(74)50(68(4)57(76)77)32-14-22-80-23-15-32)10-11-47(73)37-29-43-45(31-39(37)61)67-54(65-43)49-9-7-19-72(49)56(75)51(69(5)58(78)79)33-16-24-81-25-17-33/h26-34,46-51H,6-25H2,1-5H3,(H,64,66)(H,65,67)(H,76,77)(H,78,79)/t46-,47-,48+,49+,50+,51+/m1/s1. The van der Waals surface area contributed by atoms with Crippen molar-refractivity contribution in [2.75, 3.05) is 76.5 Å². The van der Waals surface area contributed by atoms with Crippen molar-refractivity contribution in [3.63, 3.8) is 0 Å². The van der Waals surface area contributed by atoms with Crippen LogP contribution < -0.4 is 9.80 Å². The number of rotatable bonds is 12. The molecule has 6 atom stereocenters. The number of piperidine rings is 1. The van der Waals surface area contributed by atoms with Gasteiger partial charge in [0.15, 0.2) is 11.6 Å². The van der Waals surface area contributed by atoms with Crippen LogP contribution >= 0.6 is 0 Å². The Labute approximate surface area is 468 Å². The van der Waals surface area contributed by atoms with E-state index in [0.29, 0.717) is 144 Å². The number of halogens is 4. The predicted octanol–water partition coefficient (Wildman–Crippen LogP) is 10.5. The minimum absolute atomic E-state index is 0.0357. The number of benzene rings is 3. The highest BCUT2D eigenvalue weighted by molar-refractivity contribution is 5.87. The molecule has 11 rings (SSSR count). The molecule has 0 bridgehead atoms. The first-order chi connectivity index (χ1) is 38.8. The predicted molar refractivity (Wildman–Crippen MR) is 294 cm³/mol. The van der Waals surface area contributed by atoms with Crippen molar-refractivity contribution in [3.8, 4) is 0 Å². The molecule has 81 heavy (non-hydrogen) atoms. The van der Waals surface area contributed by atoms with E-state index >= 15 is 17.6 Å². The molecule has 4 N–H and O–H groups in total. The van der Waals surface area contributed by atoms with Gasteiger partial charge in [-0.25, -0.2) is 37.1 Å². The third-order valence-corrected chi connectivity index (χ3v) is 18.7. The Balaban J connectivity index is 0.932. The van der Waals surface area contributed by atoms with Crippen molar-refractivity contribution in [1.82, 2.24) is 39.5 Å². The van der Waals surface area contributed by atoms with Crippen LogP contribution in [0.3, 0.4) is 0 Å². The number of carbonyl (C=O) groups excluding carboxylic acids is 2. The molecule has 5 aromatic rings. The number of carboxylic acid groups (broad SMARTS) is 2. The van der Waals surface area contributed by atoms with Gasteiger partial charge >= 0.3 is 12.2 Å². The summed E-state index contributed by atoms with van der Waals surface area (Å²) in [7, 11) is 2.82. The van der Waals surface area contributed by atoms with Crippen LogP contribution in [0.4, 0.5) is 38.5 Å². The number of likely N-dealkylation sites (N-methyl/N-ethyl adjacent to an activating group) is 2. The van der Waals surface area contributed by atoms with Crippen molar-refractivity contribution in [2.24, 2.45) is 23.2 Å². The summed E-state index contributed by atoms with van der Waals surface area (Å²) in [5, 5.41) is 20.1. The fraction of sp³-hybridized carbons (Fsp3) is 0.593. The first-order valence-electron chi connectivity index (χ1n) is 28.9. The maximum Gasteiger partial charge on any atom is 0.407 e. The number of H-pyrrole nitrogens is 2. The Morgan fingerprint density at radius 1 is 0.580 bits per heavy atom. The Morgan fingerprint density at radius 3 is 1.40 bits per heavy atom. The zero-order valence-electron chi connectivity index (χ0n) is 46.7. The molecule has 6 aliphatic rings. The lowest BCUT2D eigenvalue weighted by molar-refractivity contribution is -0.141. The number of hydrogen-bond acceptors (Lipinski definition) is 10. The highest BCUT2D eigenvalue weighted by Gasteiger charge is 2.46. The molecule has 6 aliphatic heterocycles. The molecule has 0 aliphatic carbocycles. The molecular weight excluding hydrogens is 1050 g/mol. The maximum absolute atomic E-state index is 17.1. The van der Waals surface area contributed by atoms with Gasteiger partial charge in [-0.15, -0.1) is 0 Å². The Hall–Kier alpha value is -6.68. The molecule has 0 saturated carbocycles. The van der Waals surface area contributed by atoms with Crippen molar-refractivity contribution in [2.45, 2.75) is 134 Å². The summed E-state index contributed by atoms with van der Waals surface area (Å²) in [6.07, 6.45) is 4.02. The molecule has 18 nitrogen and oxygen atoms in total. The van der Waals surface area contributed by atoms with Crippen molar-refractivity contribution in [3.05, 3.63) is 82.4 Å². The number of nitrogens with one attached hydrogen (secondary N) is 2. The van der Waals surface area contributed by atoms with E-state index in [1.807, 2.05) is 0 Å². The van der Waals surface area contributed by atoms with Crippen LogP contribution in [0.15, 0.2) is 36.4 Å². The van der Waals surface area contributed by atoms with E-state index in [-0.39, 0.29) is 64.4 Å². The van der Waals surface area contributed by atoms with E-state index in [1.54, 1.807) is 31.7 Å². The van der Waals surface area contributed by atoms with Crippen molar-refractivity contribution >= 4 is 57.4 Å². The quantitative estimate of drug-likeness (QED) is 0.0862. The average molecular weight is 1130 g/mol. The summed E-state index contributed by atoms with van der Waals surface area (Å²) < 4.78 is 79.0. The summed E-state index contributed by atoms with van der Waals surface area (Å²) in [6.45, 7) is 9.86. The third-order valence-electron chi connectivity index (χ3n) is 18.7. The van der Waals surface area contributed by atoms with Gasteiger partial charge in [0, 0.05) is 83.5 Å². The maximum atomic E-state index is 17.1. The molecule has 8 heterocycles. The zero-order chi connectivity index (χ0) is 57.2. The minimum atomic E-state index is -1.22. The van der Waals surface area contributed by atoms with E-state index in [4.69, 9.17) is 19.4 Å². The second-order valence-electron chi connectivity index (χ2n) is 24.4. The number of nitrogens with zero attached hydrogens (tertiary/aromatic N) is 8. The molecule has 3 aromatic carbocycles. The Kier molecular flexibility index (Phi) is 15.7. The Morgan fingerprint density at radius 2 is 1.00 bits per heavy atom. The fourth-order valence-electron chi connectivity index (χ4n) is 14.4. The highest BCUT2D eigenvalue weighted by Crippen LogP contribution is 2.51. The lowest BCUT2D eigenvalue weighted by atomic mass is 9.75. The van der Waals surface area contributed by atoms with Crippen LogP contribution in [0.25, 0.3) is 22.1 Å². The number of likely N-dealkylation sites (tertiary alicyclic amines) is 2. The summed E-state index contributed by atoms with van der Waals surface area (Å²) in [4.78, 5) is 78.9. The topological polar surface area (TPSA) is 204 Å². The molecule has 6 fully saturated rings. The van der Waals surface area contributed by atoms with Crippen molar-refractivity contribution < 1.29 is 56.4 Å². The molecule has 6 saturated heterocycles. The molecule has 2 aromatic heterocycles. The van der Waals surface area contributed by atoms with Crippen LogP contribution in [0.5, 0.6) is 0 Å². The van der Waals surface area contributed by atoms with E-state index in [0.717, 1.165) is 22.6 Å². The largest absolute Gasteiger partial charge is 0.465 e. The highest BCUT2D eigenvalue weighted by atomic mass is 19.1. The van der Waals surface area contributed by atoms with Crippen LogP contribution in [0.1, 0.15) is 145 Å². The number of imidazole rings is 2. The van der Waals surface area contributed by atoms with Gasteiger partial charge in [-0.05, 0) is 137 Å². The van der Waals surface area contributed by atoms with Gasteiger partial charge in [0.25, 0.3) is 0 Å². The smallest absolute Gasteiger partial charge is 0.407 e. The number of amides is 4. The van der Waals surface area contributed by atoms with Gasteiger partial charge in [-0.2, -0.15) is 0 Å². The molecular formula is C59H74F4N10O8. The van der Waals surface area contributed by atoms with Crippen LogP contribution in [0.2, 0.25) is 0 Å². The molecule has 0 radical (unpaired) electrons.